The molecule has 0 aliphatic carbocycles. The van der Waals surface area contributed by atoms with E-state index >= 15 is 0 Å². The van der Waals surface area contributed by atoms with E-state index in [9.17, 15) is 4.79 Å². The smallest absolute Gasteiger partial charge is 0.329 e. The van der Waals surface area contributed by atoms with Crippen molar-refractivity contribution in [3.8, 4) is 0 Å². The van der Waals surface area contributed by atoms with Crippen LogP contribution < -0.4 is 0 Å². The maximum absolute atomic E-state index is 9.84. The molecule has 45 valence electrons. The summed E-state index contributed by atoms with van der Waals surface area (Å²) in [6.07, 6.45) is 1.11. The van der Waals surface area contributed by atoms with Crippen LogP contribution in [-0.4, -0.2) is 13.1 Å². The van der Waals surface area contributed by atoms with Gasteiger partial charge in [-0.25, -0.2) is 4.79 Å². The Morgan fingerprint density at radius 2 is 2.29 bits per heavy atom. The quantitative estimate of drug-likeness (QED) is 0.306. The molecule has 0 saturated carbocycles. The minimum atomic E-state index is -0.394. The summed E-state index contributed by atoms with van der Waals surface area (Å²) < 4.78 is 4.14. The van der Waals surface area contributed by atoms with Crippen molar-refractivity contribution < 1.29 is 26.6 Å². The zero-order valence-electron chi connectivity index (χ0n) is 3.90. The van der Waals surface area contributed by atoms with Gasteiger partial charge in [0.2, 0.25) is 0 Å². The summed E-state index contributed by atoms with van der Waals surface area (Å²) in [5.74, 6) is -0.394. The number of carbonyl (C=O) groups excluding carboxylic acids is 1. The van der Waals surface area contributed by atoms with Crippen LogP contribution in [0.4, 0.5) is 0 Å². The Morgan fingerprint density at radius 3 is 2.29 bits per heavy atom. The van der Waals surface area contributed by atoms with Crippen molar-refractivity contribution >= 4 is 5.97 Å². The average Bonchev–Trinajstić information content (AvgIpc) is 1.65. The van der Waals surface area contributed by atoms with E-state index < -0.39 is 5.97 Å². The van der Waals surface area contributed by atoms with E-state index in [1.807, 2.05) is 0 Å². The molecule has 0 heterocycles. The van der Waals surface area contributed by atoms with Crippen LogP contribution in [0, 0.1) is 0 Å². The van der Waals surface area contributed by atoms with Crippen molar-refractivity contribution in [3.05, 3.63) is 12.7 Å². The van der Waals surface area contributed by atoms with Gasteiger partial charge >= 0.3 is 5.97 Å². The third kappa shape index (κ3) is 5.73. The molecule has 0 aromatic carbocycles. The third-order valence-corrected chi connectivity index (χ3v) is 0.368. The zero-order chi connectivity index (χ0) is 4.99. The summed E-state index contributed by atoms with van der Waals surface area (Å²) in [6.45, 7) is 3.16. The molecule has 0 unspecified atom stereocenters. The van der Waals surface area contributed by atoms with Crippen LogP contribution in [0.15, 0.2) is 12.7 Å². The van der Waals surface area contributed by atoms with E-state index in [2.05, 4.69) is 11.3 Å². The molecule has 2 nitrogen and oxygen atoms in total. The van der Waals surface area contributed by atoms with Gasteiger partial charge in [0.15, 0.2) is 0 Å². The van der Waals surface area contributed by atoms with E-state index in [1.165, 1.54) is 7.11 Å². The van der Waals surface area contributed by atoms with Crippen molar-refractivity contribution in [2.24, 2.45) is 0 Å². The number of ether oxygens (including phenoxy) is 1. The molecule has 0 amide bonds. The number of hydrogen-bond acceptors (Lipinski definition) is 2. The maximum Gasteiger partial charge on any atom is 0.329 e. The monoisotopic (exact) mass is 149 g/mol. The predicted molar refractivity (Wildman–Crippen MR) is 22.2 cm³/mol. The van der Waals surface area contributed by atoms with Crippen molar-refractivity contribution in [1.29, 1.82) is 0 Å². The van der Waals surface area contributed by atoms with Crippen LogP contribution in [0.25, 0.3) is 0 Å². The fourth-order valence-corrected chi connectivity index (χ4v) is 0.0833. The van der Waals surface area contributed by atoms with Crippen molar-refractivity contribution in [2.75, 3.05) is 7.11 Å². The van der Waals surface area contributed by atoms with Crippen molar-refractivity contribution in [3.63, 3.8) is 0 Å². The first kappa shape index (κ1) is 9.88. The van der Waals surface area contributed by atoms with Crippen LogP contribution in [0.3, 0.4) is 0 Å². The van der Waals surface area contributed by atoms with Gasteiger partial charge in [-0.2, -0.15) is 0 Å². The fourth-order valence-electron chi connectivity index (χ4n) is 0.0833. The van der Waals surface area contributed by atoms with Gasteiger partial charge in [0.1, 0.15) is 0 Å². The van der Waals surface area contributed by atoms with Gasteiger partial charge in [0, 0.05) is 23.1 Å². The molecule has 0 bridgehead atoms. The largest absolute Gasteiger partial charge is 0.466 e. The van der Waals surface area contributed by atoms with Gasteiger partial charge < -0.3 is 4.74 Å². The van der Waals surface area contributed by atoms with Gasteiger partial charge in [-0.15, -0.1) is 0 Å². The van der Waals surface area contributed by atoms with Gasteiger partial charge in [-0.1, -0.05) is 6.58 Å². The molecule has 3 heteroatoms. The van der Waals surface area contributed by atoms with Crippen LogP contribution in [-0.2, 0) is 26.6 Å². The molecule has 1 radical (unpaired) electrons. The number of methoxy groups -OCH3 is 1. The van der Waals surface area contributed by atoms with Gasteiger partial charge in [-0.05, 0) is 0 Å². The second-order valence-corrected chi connectivity index (χ2v) is 0.727. The summed E-state index contributed by atoms with van der Waals surface area (Å²) >= 11 is 0. The van der Waals surface area contributed by atoms with Crippen LogP contribution in [0.2, 0.25) is 0 Å². The summed E-state index contributed by atoms with van der Waals surface area (Å²) in [4.78, 5) is 9.84. The van der Waals surface area contributed by atoms with Crippen molar-refractivity contribution in [1.82, 2.24) is 0 Å². The molecule has 0 N–H and O–H groups in total. The van der Waals surface area contributed by atoms with Gasteiger partial charge in [-0.3, -0.25) is 0 Å². The summed E-state index contributed by atoms with van der Waals surface area (Å²) in [7, 11) is 1.31. The number of carbonyl (C=O) groups is 1. The van der Waals surface area contributed by atoms with Gasteiger partial charge in [0.25, 0.3) is 0 Å². The standard InChI is InChI=1S/C4H6O2.Cu/c1-3-4(5)6-2;/h3H,1H2,2H3;. The van der Waals surface area contributed by atoms with E-state index in [1.54, 1.807) is 0 Å². The molecule has 7 heavy (non-hydrogen) atoms. The molecular formula is C4H6CuO2. The Morgan fingerprint density at radius 1 is 1.86 bits per heavy atom. The molecule has 0 atom stereocenters. The molecule has 0 aromatic heterocycles. The zero-order valence-corrected chi connectivity index (χ0v) is 4.84. The van der Waals surface area contributed by atoms with Crippen LogP contribution in [0.5, 0.6) is 0 Å². The van der Waals surface area contributed by atoms with E-state index in [-0.39, 0.29) is 17.1 Å². The van der Waals surface area contributed by atoms with E-state index in [4.69, 9.17) is 0 Å². The normalized spacial score (nSPS) is 5.86. The minimum absolute atomic E-state index is 0. The molecule has 0 rings (SSSR count). The Bertz CT molecular complexity index is 70.1. The third-order valence-electron chi connectivity index (χ3n) is 0.368. The summed E-state index contributed by atoms with van der Waals surface area (Å²) in [6, 6.07) is 0. The molecule has 0 spiro atoms. The second kappa shape index (κ2) is 5.73. The molecule has 0 aliphatic heterocycles. The molecule has 0 saturated heterocycles. The molecule has 0 fully saturated rings. The topological polar surface area (TPSA) is 26.3 Å². The number of hydrogen-bond donors (Lipinski definition) is 0. The predicted octanol–water partition coefficient (Wildman–Crippen LogP) is 0.343. The van der Waals surface area contributed by atoms with Crippen LogP contribution in [0.1, 0.15) is 0 Å². The molecule has 0 aromatic rings. The Kier molecular flexibility index (Phi) is 8.08. The number of esters is 1. The summed E-state index contributed by atoms with van der Waals surface area (Å²) in [5, 5.41) is 0. The fraction of sp³-hybridized carbons (Fsp3) is 0.250. The molecular weight excluding hydrogens is 144 g/mol. The Balaban J connectivity index is 0. The summed E-state index contributed by atoms with van der Waals surface area (Å²) in [5.41, 5.74) is 0. The average molecular weight is 150 g/mol. The number of rotatable bonds is 1. The SMILES string of the molecule is C=CC(=O)OC.[Cu]. The van der Waals surface area contributed by atoms with E-state index in [0.29, 0.717) is 0 Å². The second-order valence-electron chi connectivity index (χ2n) is 0.727. The first-order chi connectivity index (χ1) is 2.81. The van der Waals surface area contributed by atoms with Gasteiger partial charge in [0.05, 0.1) is 7.11 Å². The minimum Gasteiger partial charge on any atom is -0.466 e. The Hall–Kier alpha value is -0.271. The Labute approximate surface area is 53.0 Å². The van der Waals surface area contributed by atoms with Crippen LogP contribution >= 0.6 is 0 Å². The first-order valence-electron chi connectivity index (χ1n) is 1.51. The van der Waals surface area contributed by atoms with E-state index in [0.717, 1.165) is 6.08 Å². The maximum atomic E-state index is 9.84. The first-order valence-corrected chi connectivity index (χ1v) is 1.51. The van der Waals surface area contributed by atoms with Crippen molar-refractivity contribution in [2.45, 2.75) is 0 Å². The molecule has 0 aliphatic rings.